The average Bonchev–Trinajstić information content (AvgIpc) is 2.42. The van der Waals surface area contributed by atoms with Crippen LogP contribution in [0.25, 0.3) is 0 Å². The Hall–Kier alpha value is -1.26. The van der Waals surface area contributed by atoms with Crippen LogP contribution >= 0.6 is 11.6 Å². The van der Waals surface area contributed by atoms with Crippen LogP contribution < -0.4 is 10.6 Å². The lowest BCUT2D eigenvalue weighted by molar-refractivity contribution is 0.131. The molecule has 3 N–H and O–H groups in total. The summed E-state index contributed by atoms with van der Waals surface area (Å²) in [5, 5.41) is 8.09. The Morgan fingerprint density at radius 1 is 1.24 bits per heavy atom. The van der Waals surface area contributed by atoms with Crippen molar-refractivity contribution in [2.24, 2.45) is 5.73 Å². The second-order valence-electron chi connectivity index (χ2n) is 5.95. The normalized spacial score (nSPS) is 23.3. The highest BCUT2D eigenvalue weighted by Gasteiger charge is 2.28. The van der Waals surface area contributed by atoms with Crippen molar-refractivity contribution in [3.63, 3.8) is 0 Å². The molecule has 1 aliphatic heterocycles. The van der Waals surface area contributed by atoms with Crippen molar-refractivity contribution in [3.05, 3.63) is 29.3 Å². The number of hydrogen-bond donors (Lipinski definition) is 2. The lowest BCUT2D eigenvalue weighted by Gasteiger charge is -2.45. The van der Waals surface area contributed by atoms with E-state index in [-0.39, 0.29) is 5.84 Å². The van der Waals surface area contributed by atoms with Gasteiger partial charge >= 0.3 is 0 Å². The quantitative estimate of drug-likeness (QED) is 0.649. The van der Waals surface area contributed by atoms with Crippen LogP contribution in [0.15, 0.2) is 24.3 Å². The first-order valence-corrected chi connectivity index (χ1v) is 7.94. The summed E-state index contributed by atoms with van der Waals surface area (Å²) < 4.78 is 0. The van der Waals surface area contributed by atoms with Crippen LogP contribution in [0.2, 0.25) is 5.02 Å². The zero-order valence-corrected chi connectivity index (χ0v) is 13.6. The van der Waals surface area contributed by atoms with Crippen LogP contribution in [0.3, 0.4) is 0 Å². The second kappa shape index (κ2) is 7.14. The molecule has 1 fully saturated rings. The summed E-state index contributed by atoms with van der Waals surface area (Å²) in [4.78, 5) is 4.95. The Kier molecular flexibility index (Phi) is 5.48. The van der Waals surface area contributed by atoms with Crippen LogP contribution in [0.4, 0.5) is 5.69 Å². The lowest BCUT2D eigenvalue weighted by Crippen LogP contribution is -2.57. The van der Waals surface area contributed by atoms with E-state index in [2.05, 4.69) is 35.8 Å². The van der Waals surface area contributed by atoms with E-state index >= 15 is 0 Å². The summed E-state index contributed by atoms with van der Waals surface area (Å²) in [5.74, 6) is 0.287. The molecule has 2 rings (SSSR count). The predicted molar refractivity (Wildman–Crippen MR) is 90.4 cm³/mol. The maximum Gasteiger partial charge on any atom is 0.0905 e. The fourth-order valence-electron chi connectivity index (χ4n) is 3.11. The minimum absolute atomic E-state index is 0.287. The molecule has 1 aliphatic rings. The zero-order valence-electron chi connectivity index (χ0n) is 12.8. The minimum Gasteiger partial charge on any atom is -0.388 e. The Bertz CT molecular complexity index is 462. The molecular weight excluding hydrogens is 284 g/mol. The standard InChI is InChI=1S/C16H25ClN4/c1-12-10-20(15-7-5-14(17)6-8-15)11-13(2)21(12)9-3-4-16(18)19/h5-8,12-13H,3-4,9-11H2,1-2H3,(H3,18,19). The van der Waals surface area contributed by atoms with E-state index < -0.39 is 0 Å². The van der Waals surface area contributed by atoms with E-state index in [4.69, 9.17) is 22.7 Å². The molecule has 0 bridgehead atoms. The summed E-state index contributed by atoms with van der Waals surface area (Å²) in [7, 11) is 0. The van der Waals surface area contributed by atoms with E-state index in [1.807, 2.05) is 12.1 Å². The van der Waals surface area contributed by atoms with Gasteiger partial charge in [0.2, 0.25) is 0 Å². The molecule has 0 amide bonds. The first-order chi connectivity index (χ1) is 9.97. The molecule has 0 spiro atoms. The molecule has 1 saturated heterocycles. The number of nitrogens with two attached hydrogens (primary N) is 1. The Labute approximate surface area is 132 Å². The topological polar surface area (TPSA) is 56.4 Å². The number of nitrogens with one attached hydrogen (secondary N) is 1. The molecule has 1 aromatic carbocycles. The highest BCUT2D eigenvalue weighted by atomic mass is 35.5. The highest BCUT2D eigenvalue weighted by molar-refractivity contribution is 6.30. The number of halogens is 1. The van der Waals surface area contributed by atoms with Crippen molar-refractivity contribution in [3.8, 4) is 0 Å². The first kappa shape index (κ1) is 16.1. The fourth-order valence-corrected chi connectivity index (χ4v) is 3.24. The van der Waals surface area contributed by atoms with Crippen molar-refractivity contribution in [2.75, 3.05) is 24.5 Å². The van der Waals surface area contributed by atoms with Gasteiger partial charge in [0.1, 0.15) is 0 Å². The first-order valence-electron chi connectivity index (χ1n) is 7.56. The largest absolute Gasteiger partial charge is 0.388 e. The van der Waals surface area contributed by atoms with Crippen molar-refractivity contribution in [1.82, 2.24) is 4.90 Å². The van der Waals surface area contributed by atoms with Gasteiger partial charge < -0.3 is 10.6 Å². The van der Waals surface area contributed by atoms with E-state index in [0.29, 0.717) is 18.5 Å². The van der Waals surface area contributed by atoms with E-state index in [0.717, 1.165) is 31.1 Å². The second-order valence-corrected chi connectivity index (χ2v) is 6.38. The average molecular weight is 309 g/mol. The SMILES string of the molecule is CC1CN(c2ccc(Cl)cc2)CC(C)N1CCCC(=N)N. The molecule has 21 heavy (non-hydrogen) atoms. The summed E-state index contributed by atoms with van der Waals surface area (Å²) in [6.07, 6.45) is 1.65. The molecule has 1 aromatic rings. The zero-order chi connectivity index (χ0) is 15.4. The molecular formula is C16H25ClN4. The van der Waals surface area contributed by atoms with E-state index in [1.54, 1.807) is 0 Å². The lowest BCUT2D eigenvalue weighted by atomic mass is 10.1. The fraction of sp³-hybridized carbons (Fsp3) is 0.562. The van der Waals surface area contributed by atoms with Crippen LogP contribution in [0.1, 0.15) is 26.7 Å². The number of amidine groups is 1. The van der Waals surface area contributed by atoms with Gasteiger partial charge in [-0.25, -0.2) is 0 Å². The third-order valence-electron chi connectivity index (χ3n) is 4.16. The Morgan fingerprint density at radius 2 is 1.81 bits per heavy atom. The van der Waals surface area contributed by atoms with Gasteiger partial charge in [-0.15, -0.1) is 0 Å². The monoisotopic (exact) mass is 308 g/mol. The van der Waals surface area contributed by atoms with Gasteiger partial charge in [-0.1, -0.05) is 11.6 Å². The molecule has 0 aliphatic carbocycles. The van der Waals surface area contributed by atoms with Crippen molar-refractivity contribution < 1.29 is 0 Å². The number of benzene rings is 1. The predicted octanol–water partition coefficient (Wildman–Crippen LogP) is 2.96. The van der Waals surface area contributed by atoms with Crippen LogP contribution in [-0.2, 0) is 0 Å². The maximum atomic E-state index is 7.31. The van der Waals surface area contributed by atoms with Gasteiger partial charge in [0.05, 0.1) is 5.84 Å². The molecule has 5 heteroatoms. The molecule has 2 unspecified atom stereocenters. The third kappa shape index (κ3) is 4.35. The highest BCUT2D eigenvalue weighted by Crippen LogP contribution is 2.24. The molecule has 2 atom stereocenters. The number of hydrogen-bond acceptors (Lipinski definition) is 3. The molecule has 1 heterocycles. The van der Waals surface area contributed by atoms with Crippen LogP contribution in [-0.4, -0.2) is 42.5 Å². The molecule has 4 nitrogen and oxygen atoms in total. The summed E-state index contributed by atoms with van der Waals surface area (Å²) in [6, 6.07) is 9.07. The molecule has 0 saturated carbocycles. The molecule has 116 valence electrons. The van der Waals surface area contributed by atoms with Gasteiger partial charge in [-0.2, -0.15) is 0 Å². The summed E-state index contributed by atoms with van der Waals surface area (Å²) in [5.41, 5.74) is 6.67. The van der Waals surface area contributed by atoms with E-state index in [9.17, 15) is 0 Å². The van der Waals surface area contributed by atoms with Gasteiger partial charge in [0, 0.05) is 42.3 Å². The Morgan fingerprint density at radius 3 is 2.33 bits per heavy atom. The van der Waals surface area contributed by atoms with Crippen molar-refractivity contribution in [1.29, 1.82) is 5.41 Å². The van der Waals surface area contributed by atoms with Crippen molar-refractivity contribution >= 4 is 23.1 Å². The number of anilines is 1. The molecule has 0 aromatic heterocycles. The van der Waals surface area contributed by atoms with Gasteiger partial charge in [0.25, 0.3) is 0 Å². The smallest absolute Gasteiger partial charge is 0.0905 e. The third-order valence-corrected chi connectivity index (χ3v) is 4.41. The maximum absolute atomic E-state index is 7.31. The number of piperazine rings is 1. The Balaban J connectivity index is 1.94. The van der Waals surface area contributed by atoms with Gasteiger partial charge in [-0.05, 0) is 51.1 Å². The van der Waals surface area contributed by atoms with Crippen molar-refractivity contribution in [2.45, 2.75) is 38.8 Å². The number of nitrogens with zero attached hydrogens (tertiary/aromatic N) is 2. The van der Waals surface area contributed by atoms with Gasteiger partial charge in [-0.3, -0.25) is 10.3 Å². The molecule has 0 radical (unpaired) electrons. The minimum atomic E-state index is 0.287. The van der Waals surface area contributed by atoms with Gasteiger partial charge in [0.15, 0.2) is 0 Å². The summed E-state index contributed by atoms with van der Waals surface area (Å²) in [6.45, 7) is 7.59. The summed E-state index contributed by atoms with van der Waals surface area (Å²) >= 11 is 5.96. The van der Waals surface area contributed by atoms with Crippen LogP contribution in [0.5, 0.6) is 0 Å². The van der Waals surface area contributed by atoms with Crippen LogP contribution in [0, 0.1) is 5.41 Å². The van der Waals surface area contributed by atoms with E-state index in [1.165, 1.54) is 5.69 Å². The number of rotatable bonds is 5.